The van der Waals surface area contributed by atoms with E-state index in [1.807, 2.05) is 12.1 Å². The molecule has 1 saturated heterocycles. The summed E-state index contributed by atoms with van der Waals surface area (Å²) in [5.41, 5.74) is 7.15. The fraction of sp³-hybridized carbons (Fsp3) is 0.588. The van der Waals surface area contributed by atoms with Crippen LogP contribution >= 0.6 is 15.9 Å². The first-order valence-corrected chi connectivity index (χ1v) is 8.62. The number of benzene rings is 1. The van der Waals surface area contributed by atoms with E-state index in [2.05, 4.69) is 15.9 Å². The minimum Gasteiger partial charge on any atom is -0.399 e. The molecule has 1 atom stereocenters. The maximum Gasteiger partial charge on any atom is 0.167 e. The summed E-state index contributed by atoms with van der Waals surface area (Å²) in [6.45, 7) is 0.705. The third-order valence-electron chi connectivity index (χ3n) is 4.88. The van der Waals surface area contributed by atoms with E-state index < -0.39 is 0 Å². The topological polar surface area (TPSA) is 52.3 Å². The Morgan fingerprint density at radius 2 is 2.05 bits per heavy atom. The first kappa shape index (κ1) is 15.0. The van der Waals surface area contributed by atoms with Crippen molar-refractivity contribution in [2.24, 2.45) is 5.92 Å². The number of ketones is 1. The number of halogens is 1. The van der Waals surface area contributed by atoms with Crippen LogP contribution in [-0.4, -0.2) is 18.0 Å². The van der Waals surface area contributed by atoms with Crippen LogP contribution in [0.3, 0.4) is 0 Å². The Balaban J connectivity index is 1.79. The molecule has 4 heteroatoms. The largest absolute Gasteiger partial charge is 0.399 e. The molecule has 1 aliphatic carbocycles. The van der Waals surface area contributed by atoms with Crippen molar-refractivity contribution < 1.29 is 9.53 Å². The predicted octanol–water partition coefficient (Wildman–Crippen LogP) is 4.34. The Kier molecular flexibility index (Phi) is 4.36. The fourth-order valence-electron chi connectivity index (χ4n) is 3.75. The second kappa shape index (κ2) is 6.09. The number of nitrogen functional groups attached to an aromatic ring is 1. The van der Waals surface area contributed by atoms with Crippen molar-refractivity contribution in [2.45, 2.75) is 50.5 Å². The molecule has 1 aromatic rings. The average Bonchev–Trinajstić information content (AvgIpc) is 2.50. The van der Waals surface area contributed by atoms with Gasteiger partial charge in [0.2, 0.25) is 0 Å². The maximum absolute atomic E-state index is 12.9. The van der Waals surface area contributed by atoms with E-state index >= 15 is 0 Å². The van der Waals surface area contributed by atoms with Crippen molar-refractivity contribution in [3.8, 4) is 0 Å². The van der Waals surface area contributed by atoms with E-state index in [0.717, 1.165) is 30.2 Å². The van der Waals surface area contributed by atoms with Crippen LogP contribution in [0, 0.1) is 5.92 Å². The first-order chi connectivity index (χ1) is 10.1. The number of carbonyl (C=O) groups excluding carboxylic acids is 1. The van der Waals surface area contributed by atoms with Crippen molar-refractivity contribution in [2.75, 3.05) is 12.3 Å². The van der Waals surface area contributed by atoms with E-state index in [9.17, 15) is 4.79 Å². The molecule has 2 aliphatic rings. The molecule has 1 spiro atoms. The Morgan fingerprint density at radius 1 is 1.29 bits per heavy atom. The van der Waals surface area contributed by atoms with Gasteiger partial charge in [0.1, 0.15) is 0 Å². The van der Waals surface area contributed by atoms with E-state index in [1.165, 1.54) is 19.3 Å². The fourth-order valence-corrected chi connectivity index (χ4v) is 4.19. The maximum atomic E-state index is 12.9. The number of hydrogen-bond donors (Lipinski definition) is 1. The van der Waals surface area contributed by atoms with Crippen molar-refractivity contribution in [1.82, 2.24) is 0 Å². The number of anilines is 1. The Bertz CT molecular complexity index is 532. The van der Waals surface area contributed by atoms with Gasteiger partial charge in [-0.3, -0.25) is 4.79 Å². The number of nitrogens with two attached hydrogens (primary N) is 1. The van der Waals surface area contributed by atoms with E-state index in [4.69, 9.17) is 10.5 Å². The average molecular weight is 352 g/mol. The minimum atomic E-state index is -0.0381. The molecule has 1 heterocycles. The SMILES string of the molecule is Nc1ccc(Br)c(C(=O)C2CCOC3(CCCCC3)C2)c1. The summed E-state index contributed by atoms with van der Waals surface area (Å²) in [5, 5.41) is 0. The van der Waals surface area contributed by atoms with Gasteiger partial charge in [-0.25, -0.2) is 0 Å². The van der Waals surface area contributed by atoms with Gasteiger partial charge in [-0.15, -0.1) is 0 Å². The van der Waals surface area contributed by atoms with Gasteiger partial charge >= 0.3 is 0 Å². The second-order valence-corrected chi connectivity index (χ2v) is 7.24. The zero-order chi connectivity index (χ0) is 14.9. The summed E-state index contributed by atoms with van der Waals surface area (Å²) in [6, 6.07) is 5.46. The van der Waals surface area contributed by atoms with Gasteiger partial charge in [0, 0.05) is 28.2 Å². The predicted molar refractivity (Wildman–Crippen MR) is 87.4 cm³/mol. The van der Waals surface area contributed by atoms with Crippen LogP contribution in [0.5, 0.6) is 0 Å². The highest BCUT2D eigenvalue weighted by Crippen LogP contribution is 2.42. The normalized spacial score (nSPS) is 24.9. The quantitative estimate of drug-likeness (QED) is 0.636. The molecule has 21 heavy (non-hydrogen) atoms. The Hall–Kier alpha value is -0.870. The van der Waals surface area contributed by atoms with Gasteiger partial charge in [0.05, 0.1) is 5.60 Å². The van der Waals surface area contributed by atoms with E-state index in [-0.39, 0.29) is 17.3 Å². The van der Waals surface area contributed by atoms with Gasteiger partial charge < -0.3 is 10.5 Å². The molecular weight excluding hydrogens is 330 g/mol. The number of hydrogen-bond acceptors (Lipinski definition) is 3. The number of Topliss-reactive ketones (excluding diaryl/α,β-unsaturated/α-hetero) is 1. The highest BCUT2D eigenvalue weighted by atomic mass is 79.9. The van der Waals surface area contributed by atoms with E-state index in [1.54, 1.807) is 6.07 Å². The smallest absolute Gasteiger partial charge is 0.167 e. The number of carbonyl (C=O) groups is 1. The van der Waals surface area contributed by atoms with E-state index in [0.29, 0.717) is 17.9 Å². The molecular formula is C17H22BrNO2. The first-order valence-electron chi connectivity index (χ1n) is 7.83. The summed E-state index contributed by atoms with van der Waals surface area (Å²) >= 11 is 3.48. The monoisotopic (exact) mass is 351 g/mol. The molecule has 0 bridgehead atoms. The lowest BCUT2D eigenvalue weighted by Gasteiger charge is -2.43. The molecule has 114 valence electrons. The molecule has 1 aliphatic heterocycles. The third kappa shape index (κ3) is 3.16. The highest BCUT2D eigenvalue weighted by Gasteiger charge is 2.41. The highest BCUT2D eigenvalue weighted by molar-refractivity contribution is 9.10. The molecule has 0 aromatic heterocycles. The summed E-state index contributed by atoms with van der Waals surface area (Å²) in [7, 11) is 0. The second-order valence-electron chi connectivity index (χ2n) is 6.39. The van der Waals surface area contributed by atoms with Gasteiger partial charge in [-0.1, -0.05) is 35.2 Å². The zero-order valence-corrected chi connectivity index (χ0v) is 13.8. The molecule has 1 unspecified atom stereocenters. The molecule has 1 saturated carbocycles. The summed E-state index contributed by atoms with van der Waals surface area (Å²) < 4.78 is 6.93. The molecule has 3 nitrogen and oxygen atoms in total. The van der Waals surface area contributed by atoms with Gasteiger partial charge in [0.25, 0.3) is 0 Å². The van der Waals surface area contributed by atoms with Crippen LogP contribution in [0.15, 0.2) is 22.7 Å². The molecule has 2 fully saturated rings. The molecule has 2 N–H and O–H groups in total. The van der Waals surface area contributed by atoms with Crippen LogP contribution < -0.4 is 5.73 Å². The summed E-state index contributed by atoms with van der Waals surface area (Å²) in [6.07, 6.45) is 7.65. The minimum absolute atomic E-state index is 0.0381. The Morgan fingerprint density at radius 3 is 2.81 bits per heavy atom. The zero-order valence-electron chi connectivity index (χ0n) is 12.2. The lowest BCUT2D eigenvalue weighted by molar-refractivity contribution is -0.111. The van der Waals surface area contributed by atoms with Crippen molar-refractivity contribution >= 4 is 27.4 Å². The van der Waals surface area contributed by atoms with Gasteiger partial charge in [-0.2, -0.15) is 0 Å². The van der Waals surface area contributed by atoms with Crippen molar-refractivity contribution in [3.63, 3.8) is 0 Å². The van der Waals surface area contributed by atoms with Crippen molar-refractivity contribution in [1.29, 1.82) is 0 Å². The van der Waals surface area contributed by atoms with Crippen LogP contribution in [0.2, 0.25) is 0 Å². The lowest BCUT2D eigenvalue weighted by Crippen LogP contribution is -2.43. The number of rotatable bonds is 2. The standard InChI is InChI=1S/C17H22BrNO2/c18-15-5-4-13(19)10-14(15)16(20)12-6-9-21-17(11-12)7-2-1-3-8-17/h4-5,10,12H,1-3,6-9,11,19H2. The van der Waals surface area contributed by atoms with Crippen LogP contribution in [0.25, 0.3) is 0 Å². The van der Waals surface area contributed by atoms with Gasteiger partial charge in [0.15, 0.2) is 5.78 Å². The summed E-state index contributed by atoms with van der Waals surface area (Å²) in [4.78, 5) is 12.9. The van der Waals surface area contributed by atoms with Crippen LogP contribution in [-0.2, 0) is 4.74 Å². The molecule has 3 rings (SSSR count). The van der Waals surface area contributed by atoms with Crippen LogP contribution in [0.1, 0.15) is 55.3 Å². The molecule has 1 aromatic carbocycles. The van der Waals surface area contributed by atoms with Gasteiger partial charge in [-0.05, 0) is 43.9 Å². The van der Waals surface area contributed by atoms with Crippen LogP contribution in [0.4, 0.5) is 5.69 Å². The Labute approximate surface area is 134 Å². The molecule has 0 radical (unpaired) electrons. The summed E-state index contributed by atoms with van der Waals surface area (Å²) in [5.74, 6) is 0.275. The lowest BCUT2D eigenvalue weighted by atomic mass is 9.74. The number of ether oxygens (including phenoxy) is 1. The molecule has 0 amide bonds. The third-order valence-corrected chi connectivity index (χ3v) is 5.58. The van der Waals surface area contributed by atoms with Crippen molar-refractivity contribution in [3.05, 3.63) is 28.2 Å².